The minimum atomic E-state index is -0.136. The van der Waals surface area contributed by atoms with E-state index in [1.165, 1.54) is 23.8 Å². The van der Waals surface area contributed by atoms with Gasteiger partial charge in [-0.1, -0.05) is 53.8 Å². The van der Waals surface area contributed by atoms with Crippen molar-refractivity contribution in [1.29, 1.82) is 0 Å². The average Bonchev–Trinajstić information content (AvgIpc) is 2.93. The summed E-state index contributed by atoms with van der Waals surface area (Å²) in [6.07, 6.45) is 1.74. The van der Waals surface area contributed by atoms with Crippen LogP contribution < -0.4 is 14.2 Å². The number of hydrogen-bond acceptors (Lipinski definition) is 6. The zero-order valence-electron chi connectivity index (χ0n) is 15.3. The van der Waals surface area contributed by atoms with Crippen LogP contribution in [-0.4, -0.2) is 42.5 Å². The monoisotopic (exact) mass is 435 g/mol. The Morgan fingerprint density at radius 1 is 1.18 bits per heavy atom. The number of ether oxygens (including phenoxy) is 3. The molecule has 0 N–H and O–H groups in total. The lowest BCUT2D eigenvalue weighted by molar-refractivity contribution is -0.121. The van der Waals surface area contributed by atoms with E-state index >= 15 is 0 Å². The minimum Gasteiger partial charge on any atom is -0.493 e. The van der Waals surface area contributed by atoms with Crippen LogP contribution in [0.25, 0.3) is 6.08 Å². The summed E-state index contributed by atoms with van der Waals surface area (Å²) in [7, 11) is 3.19. The molecule has 1 heterocycles. The molecule has 1 aliphatic heterocycles. The van der Waals surface area contributed by atoms with E-state index in [4.69, 9.17) is 38.0 Å². The first kappa shape index (κ1) is 20.5. The second-order valence-electron chi connectivity index (χ2n) is 5.78. The molecule has 146 valence electrons. The number of hydrogen-bond donors (Lipinski definition) is 0. The van der Waals surface area contributed by atoms with Crippen LogP contribution in [0.2, 0.25) is 5.02 Å². The van der Waals surface area contributed by atoms with E-state index in [-0.39, 0.29) is 5.91 Å². The number of halogens is 1. The fraction of sp³-hybridized carbons (Fsp3) is 0.200. The number of rotatable bonds is 7. The van der Waals surface area contributed by atoms with Crippen LogP contribution in [0.15, 0.2) is 47.4 Å². The van der Waals surface area contributed by atoms with Gasteiger partial charge in [-0.15, -0.1) is 0 Å². The number of thiocarbonyl (C=S) groups is 1. The zero-order chi connectivity index (χ0) is 20.1. The third kappa shape index (κ3) is 4.79. The highest BCUT2D eigenvalue weighted by atomic mass is 35.5. The lowest BCUT2D eigenvalue weighted by Crippen LogP contribution is -2.22. The van der Waals surface area contributed by atoms with E-state index in [2.05, 4.69) is 0 Å². The van der Waals surface area contributed by atoms with E-state index in [9.17, 15) is 4.79 Å². The van der Waals surface area contributed by atoms with Crippen molar-refractivity contribution in [3.05, 3.63) is 58.0 Å². The second-order valence-corrected chi connectivity index (χ2v) is 7.87. The van der Waals surface area contributed by atoms with Crippen molar-refractivity contribution in [2.75, 3.05) is 27.4 Å². The van der Waals surface area contributed by atoms with Gasteiger partial charge in [-0.2, -0.15) is 0 Å². The molecule has 1 amide bonds. The fourth-order valence-corrected chi connectivity index (χ4v) is 3.93. The summed E-state index contributed by atoms with van der Waals surface area (Å²) in [6.45, 7) is 0.670. The highest BCUT2D eigenvalue weighted by Gasteiger charge is 2.28. The predicted molar refractivity (Wildman–Crippen MR) is 116 cm³/mol. The van der Waals surface area contributed by atoms with E-state index in [0.717, 1.165) is 11.3 Å². The lowest BCUT2D eigenvalue weighted by Gasteiger charge is -2.14. The predicted octanol–water partition coefficient (Wildman–Crippen LogP) is 4.64. The number of carbonyl (C=O) groups is 1. The maximum atomic E-state index is 12.2. The van der Waals surface area contributed by atoms with E-state index in [0.29, 0.717) is 39.0 Å². The number of methoxy groups -OCH3 is 1. The van der Waals surface area contributed by atoms with Crippen LogP contribution in [0, 0.1) is 0 Å². The van der Waals surface area contributed by atoms with E-state index < -0.39 is 0 Å². The van der Waals surface area contributed by atoms with Gasteiger partial charge in [0, 0.05) is 7.05 Å². The summed E-state index contributed by atoms with van der Waals surface area (Å²) >= 11 is 12.8. The topological polar surface area (TPSA) is 48.0 Å². The van der Waals surface area contributed by atoms with Gasteiger partial charge in [0.05, 0.1) is 17.0 Å². The molecule has 0 radical (unpaired) electrons. The van der Waals surface area contributed by atoms with Crippen molar-refractivity contribution < 1.29 is 19.0 Å². The van der Waals surface area contributed by atoms with Gasteiger partial charge >= 0.3 is 0 Å². The quantitative estimate of drug-likeness (QED) is 0.359. The Labute approximate surface area is 178 Å². The van der Waals surface area contributed by atoms with Crippen LogP contribution in [0.1, 0.15) is 5.56 Å². The summed E-state index contributed by atoms with van der Waals surface area (Å²) in [5, 5.41) is 0.386. The Morgan fingerprint density at radius 3 is 2.54 bits per heavy atom. The van der Waals surface area contributed by atoms with E-state index in [1.807, 2.05) is 30.3 Å². The largest absolute Gasteiger partial charge is 0.493 e. The molecule has 28 heavy (non-hydrogen) atoms. The first-order valence-electron chi connectivity index (χ1n) is 8.39. The van der Waals surface area contributed by atoms with Crippen molar-refractivity contribution in [3.8, 4) is 17.2 Å². The molecule has 1 saturated heterocycles. The van der Waals surface area contributed by atoms with Gasteiger partial charge in [-0.3, -0.25) is 9.69 Å². The maximum Gasteiger partial charge on any atom is 0.265 e. The number of carbonyl (C=O) groups excluding carboxylic acids is 1. The molecule has 3 rings (SSSR count). The van der Waals surface area contributed by atoms with Crippen LogP contribution in [0.3, 0.4) is 0 Å². The molecule has 5 nitrogen and oxygen atoms in total. The molecule has 2 aromatic rings. The summed E-state index contributed by atoms with van der Waals surface area (Å²) < 4.78 is 17.3. The van der Waals surface area contributed by atoms with Crippen molar-refractivity contribution in [3.63, 3.8) is 0 Å². The minimum absolute atomic E-state index is 0.136. The molecule has 0 bridgehead atoms. The van der Waals surface area contributed by atoms with E-state index in [1.54, 1.807) is 25.3 Å². The summed E-state index contributed by atoms with van der Waals surface area (Å²) in [4.78, 5) is 14.1. The number of benzene rings is 2. The highest BCUT2D eigenvalue weighted by Crippen LogP contribution is 2.38. The molecule has 0 aliphatic carbocycles. The Kier molecular flexibility index (Phi) is 6.83. The van der Waals surface area contributed by atoms with Crippen molar-refractivity contribution in [2.45, 2.75) is 0 Å². The SMILES string of the molecule is COc1cc(C=C2SC(=S)N(C)C2=O)cc(Cl)c1OCCOc1ccccc1. The molecule has 0 unspecified atom stereocenters. The zero-order valence-corrected chi connectivity index (χ0v) is 17.7. The Bertz CT molecular complexity index is 918. The number of para-hydroxylation sites is 1. The summed E-state index contributed by atoms with van der Waals surface area (Å²) in [6, 6.07) is 13.0. The van der Waals surface area contributed by atoms with Crippen molar-refractivity contribution in [2.24, 2.45) is 0 Å². The second kappa shape index (κ2) is 9.32. The molecule has 0 atom stereocenters. The molecule has 0 saturated carbocycles. The summed E-state index contributed by atoms with van der Waals surface area (Å²) in [5.74, 6) is 1.54. The highest BCUT2D eigenvalue weighted by molar-refractivity contribution is 8.26. The van der Waals surface area contributed by atoms with Crippen molar-refractivity contribution in [1.82, 2.24) is 4.90 Å². The van der Waals surface area contributed by atoms with Crippen LogP contribution >= 0.6 is 35.6 Å². The molecular weight excluding hydrogens is 418 g/mol. The van der Waals surface area contributed by atoms with Crippen LogP contribution in [0.5, 0.6) is 17.2 Å². The van der Waals surface area contributed by atoms with Gasteiger partial charge in [0.15, 0.2) is 11.5 Å². The Balaban J connectivity index is 1.69. The standard InChI is InChI=1S/C20H18ClNO4S2/c1-22-19(23)17(28-20(22)27)12-13-10-15(21)18(16(11-13)24-2)26-9-8-25-14-6-4-3-5-7-14/h3-7,10-12H,8-9H2,1-2H3. The van der Waals surface area contributed by atoms with Gasteiger partial charge in [0.2, 0.25) is 0 Å². The molecule has 1 aliphatic rings. The molecule has 0 spiro atoms. The fourth-order valence-electron chi connectivity index (χ4n) is 2.48. The third-order valence-electron chi connectivity index (χ3n) is 3.88. The first-order valence-corrected chi connectivity index (χ1v) is 9.99. The number of amides is 1. The molecule has 8 heteroatoms. The van der Waals surface area contributed by atoms with Gasteiger partial charge in [0.1, 0.15) is 23.3 Å². The molecule has 1 fully saturated rings. The summed E-state index contributed by atoms with van der Waals surface area (Å²) in [5.41, 5.74) is 0.726. The average molecular weight is 436 g/mol. The van der Waals surface area contributed by atoms with Gasteiger partial charge in [0.25, 0.3) is 5.91 Å². The smallest absolute Gasteiger partial charge is 0.265 e. The van der Waals surface area contributed by atoms with Gasteiger partial charge in [-0.25, -0.2) is 0 Å². The molecule has 0 aromatic heterocycles. The van der Waals surface area contributed by atoms with Crippen LogP contribution in [0.4, 0.5) is 0 Å². The first-order chi connectivity index (χ1) is 13.5. The normalized spacial score (nSPS) is 15.2. The molecular formula is C20H18ClNO4S2. The molecule has 2 aromatic carbocycles. The van der Waals surface area contributed by atoms with Gasteiger partial charge < -0.3 is 14.2 Å². The number of nitrogens with zero attached hydrogens (tertiary/aromatic N) is 1. The lowest BCUT2D eigenvalue weighted by atomic mass is 10.2. The van der Waals surface area contributed by atoms with Crippen molar-refractivity contribution >= 4 is 51.9 Å². The Hall–Kier alpha value is -2.22. The third-order valence-corrected chi connectivity index (χ3v) is 5.64. The van der Waals surface area contributed by atoms with Crippen LogP contribution in [-0.2, 0) is 4.79 Å². The number of thioether (sulfide) groups is 1. The Morgan fingerprint density at radius 2 is 1.89 bits per heavy atom. The maximum absolute atomic E-state index is 12.2. The van der Waals surface area contributed by atoms with Gasteiger partial charge in [-0.05, 0) is 35.9 Å². The number of likely N-dealkylation sites (N-methyl/N-ethyl adjacent to an activating group) is 1.